The summed E-state index contributed by atoms with van der Waals surface area (Å²) < 4.78 is 0. The Morgan fingerprint density at radius 3 is 2.14 bits per heavy atom. The normalized spacial score (nSPS) is 28.0. The summed E-state index contributed by atoms with van der Waals surface area (Å²) in [4.78, 5) is 13.0. The van der Waals surface area contributed by atoms with Gasteiger partial charge in [-0.25, -0.2) is 0 Å². The van der Waals surface area contributed by atoms with Crippen LogP contribution < -0.4 is 0 Å². The van der Waals surface area contributed by atoms with E-state index >= 15 is 0 Å². The zero-order chi connectivity index (χ0) is 16.4. The molecule has 0 saturated heterocycles. The lowest BCUT2D eigenvalue weighted by atomic mass is 9.65. The summed E-state index contributed by atoms with van der Waals surface area (Å²) in [5.74, 6) is 2.82. The van der Waals surface area contributed by atoms with Gasteiger partial charge in [-0.05, 0) is 47.8 Å². The Hall–Kier alpha value is -0.330. The lowest BCUT2D eigenvalue weighted by Gasteiger charge is -2.39. The molecule has 1 heteroatoms. The maximum atomic E-state index is 13.0. The fraction of sp³-hybridized carbons (Fsp3) is 0.950. The summed E-state index contributed by atoms with van der Waals surface area (Å²) in [5, 5.41) is 0. The van der Waals surface area contributed by atoms with Crippen LogP contribution in [0.25, 0.3) is 0 Å². The van der Waals surface area contributed by atoms with Crippen LogP contribution in [0.15, 0.2) is 0 Å². The first-order valence-electron chi connectivity index (χ1n) is 8.94. The molecule has 0 bridgehead atoms. The molecule has 1 fully saturated rings. The van der Waals surface area contributed by atoms with Gasteiger partial charge in [0.05, 0.1) is 0 Å². The number of carbonyl (C=O) groups is 1. The molecular formula is C20H38O. The predicted molar refractivity (Wildman–Crippen MR) is 92.3 cm³/mol. The van der Waals surface area contributed by atoms with Gasteiger partial charge in [-0.15, -0.1) is 0 Å². The van der Waals surface area contributed by atoms with E-state index < -0.39 is 0 Å². The average molecular weight is 295 g/mol. The molecule has 124 valence electrons. The second-order valence-electron chi connectivity index (χ2n) is 9.98. The first-order chi connectivity index (χ1) is 9.41. The van der Waals surface area contributed by atoms with E-state index in [1.54, 1.807) is 0 Å². The van der Waals surface area contributed by atoms with Crippen LogP contribution in [0.2, 0.25) is 0 Å². The zero-order valence-corrected chi connectivity index (χ0v) is 15.8. The van der Waals surface area contributed by atoms with Crippen molar-refractivity contribution in [2.75, 3.05) is 0 Å². The first-order valence-corrected chi connectivity index (χ1v) is 8.94. The minimum absolute atomic E-state index is 0.123. The molecule has 1 nitrogen and oxygen atoms in total. The summed E-state index contributed by atoms with van der Waals surface area (Å²) in [7, 11) is 0. The Kier molecular flexibility index (Phi) is 6.09. The molecule has 0 aromatic rings. The van der Waals surface area contributed by atoms with E-state index in [9.17, 15) is 4.79 Å². The Bertz CT molecular complexity index is 345. The molecule has 0 spiro atoms. The number of carbonyl (C=O) groups excluding carboxylic acids is 1. The van der Waals surface area contributed by atoms with Crippen LogP contribution in [0.3, 0.4) is 0 Å². The summed E-state index contributed by atoms with van der Waals surface area (Å²) in [6, 6.07) is 0. The van der Waals surface area contributed by atoms with Crippen molar-refractivity contribution in [2.45, 2.75) is 87.5 Å². The summed E-state index contributed by atoms with van der Waals surface area (Å²) in [6.07, 6.45) is 5.53. The van der Waals surface area contributed by atoms with Crippen molar-refractivity contribution in [1.82, 2.24) is 0 Å². The summed E-state index contributed by atoms with van der Waals surface area (Å²) in [6.45, 7) is 18.3. The maximum absolute atomic E-state index is 13.0. The van der Waals surface area contributed by atoms with Gasteiger partial charge in [0.15, 0.2) is 0 Å². The number of hydrogen-bond acceptors (Lipinski definition) is 1. The third-order valence-electron chi connectivity index (χ3n) is 5.10. The molecule has 0 aromatic carbocycles. The maximum Gasteiger partial charge on any atom is 0.136 e. The van der Waals surface area contributed by atoms with Gasteiger partial charge in [0.2, 0.25) is 0 Å². The quantitative estimate of drug-likeness (QED) is 0.597. The Labute approximate surface area is 133 Å². The fourth-order valence-corrected chi connectivity index (χ4v) is 4.67. The molecular weight excluding hydrogens is 256 g/mol. The zero-order valence-electron chi connectivity index (χ0n) is 15.8. The Balaban J connectivity index is 2.75. The molecule has 0 heterocycles. The van der Waals surface area contributed by atoms with E-state index in [1.165, 1.54) is 12.8 Å². The number of hydrogen-bond donors (Lipinski definition) is 0. The van der Waals surface area contributed by atoms with Crippen molar-refractivity contribution in [2.24, 2.45) is 34.5 Å². The molecule has 1 saturated carbocycles. The molecule has 0 aromatic heterocycles. The van der Waals surface area contributed by atoms with E-state index in [0.29, 0.717) is 29.0 Å². The topological polar surface area (TPSA) is 17.1 Å². The van der Waals surface area contributed by atoms with Crippen LogP contribution >= 0.6 is 0 Å². The molecule has 0 radical (unpaired) electrons. The van der Waals surface area contributed by atoms with Crippen molar-refractivity contribution < 1.29 is 4.79 Å². The van der Waals surface area contributed by atoms with Crippen molar-refractivity contribution in [3.63, 3.8) is 0 Å². The van der Waals surface area contributed by atoms with Gasteiger partial charge >= 0.3 is 0 Å². The molecule has 0 amide bonds. The van der Waals surface area contributed by atoms with Crippen molar-refractivity contribution in [3.8, 4) is 0 Å². The van der Waals surface area contributed by atoms with Crippen molar-refractivity contribution in [1.29, 1.82) is 0 Å². The summed E-state index contributed by atoms with van der Waals surface area (Å²) >= 11 is 0. The van der Waals surface area contributed by atoms with E-state index in [4.69, 9.17) is 0 Å². The Morgan fingerprint density at radius 2 is 1.67 bits per heavy atom. The second kappa shape index (κ2) is 6.84. The van der Waals surface area contributed by atoms with Crippen LogP contribution in [0.5, 0.6) is 0 Å². The lowest BCUT2D eigenvalue weighted by Crippen LogP contribution is -2.36. The highest BCUT2D eigenvalue weighted by Gasteiger charge is 2.37. The third kappa shape index (κ3) is 6.12. The first kappa shape index (κ1) is 18.7. The average Bonchev–Trinajstić information content (AvgIpc) is 2.23. The Morgan fingerprint density at radius 1 is 1.10 bits per heavy atom. The minimum atomic E-state index is 0.123. The molecule has 1 aliphatic carbocycles. The van der Waals surface area contributed by atoms with Gasteiger partial charge in [-0.1, -0.05) is 61.8 Å². The molecule has 1 rings (SSSR count). The van der Waals surface area contributed by atoms with Crippen LogP contribution in [-0.2, 0) is 4.79 Å². The standard InChI is InChI=1S/C20H38O/c1-14(2)16-10-9-15(3)11-17(16)18(21)12-20(7,8)13-19(4,5)6/h14-17H,9-13H2,1-8H3. The van der Waals surface area contributed by atoms with E-state index in [2.05, 4.69) is 55.4 Å². The van der Waals surface area contributed by atoms with Gasteiger partial charge in [0.1, 0.15) is 5.78 Å². The second-order valence-corrected chi connectivity index (χ2v) is 9.98. The molecule has 21 heavy (non-hydrogen) atoms. The fourth-order valence-electron chi connectivity index (χ4n) is 4.67. The highest BCUT2D eigenvalue weighted by molar-refractivity contribution is 5.82. The van der Waals surface area contributed by atoms with E-state index in [-0.39, 0.29) is 5.41 Å². The highest BCUT2D eigenvalue weighted by Crippen LogP contribution is 2.42. The van der Waals surface area contributed by atoms with Crippen molar-refractivity contribution >= 4 is 5.78 Å². The SMILES string of the molecule is CC1CCC(C(C)C)C(C(=O)CC(C)(C)CC(C)(C)C)C1. The molecule has 1 aliphatic rings. The van der Waals surface area contributed by atoms with Gasteiger partial charge in [0, 0.05) is 12.3 Å². The number of rotatable bonds is 5. The predicted octanol–water partition coefficient (Wildman–Crippen LogP) is 6.12. The van der Waals surface area contributed by atoms with Gasteiger partial charge in [0.25, 0.3) is 0 Å². The van der Waals surface area contributed by atoms with E-state index in [0.717, 1.165) is 25.2 Å². The summed E-state index contributed by atoms with van der Waals surface area (Å²) in [5.41, 5.74) is 0.415. The van der Waals surface area contributed by atoms with Crippen LogP contribution in [0.4, 0.5) is 0 Å². The molecule has 3 atom stereocenters. The molecule has 3 unspecified atom stereocenters. The smallest absolute Gasteiger partial charge is 0.136 e. The van der Waals surface area contributed by atoms with Gasteiger partial charge < -0.3 is 0 Å². The minimum Gasteiger partial charge on any atom is -0.299 e. The third-order valence-corrected chi connectivity index (χ3v) is 5.10. The van der Waals surface area contributed by atoms with Crippen LogP contribution in [-0.4, -0.2) is 5.78 Å². The monoisotopic (exact) mass is 294 g/mol. The lowest BCUT2D eigenvalue weighted by molar-refractivity contribution is -0.129. The molecule has 0 N–H and O–H groups in total. The van der Waals surface area contributed by atoms with E-state index in [1.807, 2.05) is 0 Å². The van der Waals surface area contributed by atoms with Crippen molar-refractivity contribution in [3.05, 3.63) is 0 Å². The van der Waals surface area contributed by atoms with Gasteiger partial charge in [-0.2, -0.15) is 0 Å². The number of Topliss-reactive ketones (excluding diaryl/α,β-unsaturated/α-hetero) is 1. The highest BCUT2D eigenvalue weighted by atomic mass is 16.1. The number of ketones is 1. The van der Waals surface area contributed by atoms with Crippen LogP contribution in [0, 0.1) is 34.5 Å². The van der Waals surface area contributed by atoms with Gasteiger partial charge in [-0.3, -0.25) is 4.79 Å². The van der Waals surface area contributed by atoms with Crippen LogP contribution in [0.1, 0.15) is 87.5 Å². The molecule has 0 aliphatic heterocycles. The largest absolute Gasteiger partial charge is 0.299 e.